The quantitative estimate of drug-likeness (QED) is 0.239. The highest BCUT2D eigenvalue weighted by molar-refractivity contribution is 7.86. The lowest BCUT2D eigenvalue weighted by atomic mass is 10.0. The first kappa shape index (κ1) is 34.1. The predicted octanol–water partition coefficient (Wildman–Crippen LogP) is 4.39. The molecule has 5 rings (SSSR count). The number of ether oxygens (including phenoxy) is 3. The Morgan fingerprint density at radius 3 is 2.23 bits per heavy atom. The van der Waals surface area contributed by atoms with E-state index in [1.54, 1.807) is 94.6 Å². The molecule has 11 nitrogen and oxygen atoms in total. The fourth-order valence-corrected chi connectivity index (χ4v) is 6.88. The Bertz CT molecular complexity index is 1750. The van der Waals surface area contributed by atoms with Gasteiger partial charge in [0.25, 0.3) is 5.91 Å². The number of methoxy groups -OCH3 is 1. The van der Waals surface area contributed by atoms with E-state index in [-0.39, 0.29) is 18.1 Å². The Morgan fingerprint density at radius 1 is 0.958 bits per heavy atom. The number of benzene rings is 3. The lowest BCUT2D eigenvalue weighted by Crippen LogP contribution is -2.74. The van der Waals surface area contributed by atoms with Gasteiger partial charge >= 0.3 is 12.1 Å². The van der Waals surface area contributed by atoms with Crippen molar-refractivity contribution in [2.24, 2.45) is 0 Å². The normalized spacial score (nSPS) is 19.5. The second-order valence-electron chi connectivity index (χ2n) is 12.1. The lowest BCUT2D eigenvalue weighted by molar-refractivity contribution is -0.153. The SMILES string of the molecule is COc1ccc(C=CC2=C(C(=O)OCc3ccccc3)N3C(=O)C(NC(=O)[C@H](NC(=O)OC(C)(C)C)c4ccccc4)[C@H]3S(=O)C2)cc1. The number of nitrogens with one attached hydrogen (secondary N) is 2. The summed E-state index contributed by atoms with van der Waals surface area (Å²) in [5.41, 5.74) is 1.49. The molecule has 2 heterocycles. The van der Waals surface area contributed by atoms with Crippen molar-refractivity contribution in [3.8, 4) is 5.75 Å². The summed E-state index contributed by atoms with van der Waals surface area (Å²) in [6.45, 7) is 5.05. The average molecular weight is 672 g/mol. The maximum Gasteiger partial charge on any atom is 0.408 e. The van der Waals surface area contributed by atoms with Crippen LogP contribution in [0.3, 0.4) is 0 Å². The zero-order chi connectivity index (χ0) is 34.4. The molecule has 3 amide bonds. The molecule has 3 aromatic rings. The Hall–Kier alpha value is -5.23. The van der Waals surface area contributed by atoms with Gasteiger partial charge in [-0.25, -0.2) is 9.59 Å². The Morgan fingerprint density at radius 2 is 1.60 bits per heavy atom. The molecule has 2 unspecified atom stereocenters. The minimum Gasteiger partial charge on any atom is -0.497 e. The van der Waals surface area contributed by atoms with E-state index in [0.717, 1.165) is 16.0 Å². The molecule has 2 aliphatic heterocycles. The van der Waals surface area contributed by atoms with Gasteiger partial charge in [0.1, 0.15) is 41.1 Å². The van der Waals surface area contributed by atoms with Gasteiger partial charge in [0, 0.05) is 0 Å². The van der Waals surface area contributed by atoms with Crippen molar-refractivity contribution >= 4 is 40.8 Å². The van der Waals surface area contributed by atoms with Crippen LogP contribution in [0.5, 0.6) is 5.75 Å². The van der Waals surface area contributed by atoms with Crippen LogP contribution in [0.25, 0.3) is 6.08 Å². The van der Waals surface area contributed by atoms with Crippen LogP contribution >= 0.6 is 0 Å². The van der Waals surface area contributed by atoms with Gasteiger partial charge in [-0.1, -0.05) is 84.9 Å². The van der Waals surface area contributed by atoms with Crippen molar-refractivity contribution < 1.29 is 37.6 Å². The number of hydrogen-bond acceptors (Lipinski definition) is 8. The molecule has 0 aromatic heterocycles. The first-order valence-electron chi connectivity index (χ1n) is 15.3. The Labute approximate surface area is 281 Å². The highest BCUT2D eigenvalue weighted by Gasteiger charge is 2.57. The van der Waals surface area contributed by atoms with Crippen molar-refractivity contribution in [3.63, 3.8) is 0 Å². The molecule has 3 aromatic carbocycles. The summed E-state index contributed by atoms with van der Waals surface area (Å²) in [5.74, 6) is -1.49. The van der Waals surface area contributed by atoms with Gasteiger partial charge in [-0.05, 0) is 55.2 Å². The monoisotopic (exact) mass is 671 g/mol. The molecule has 250 valence electrons. The molecule has 1 fully saturated rings. The minimum atomic E-state index is -1.71. The summed E-state index contributed by atoms with van der Waals surface area (Å²) < 4.78 is 29.9. The van der Waals surface area contributed by atoms with E-state index >= 15 is 0 Å². The number of β-lactam (4-membered cyclic amide) rings is 1. The number of hydrogen-bond donors (Lipinski definition) is 2. The predicted molar refractivity (Wildman–Crippen MR) is 179 cm³/mol. The van der Waals surface area contributed by atoms with Crippen LogP contribution in [0.2, 0.25) is 0 Å². The summed E-state index contributed by atoms with van der Waals surface area (Å²) >= 11 is 0. The van der Waals surface area contributed by atoms with E-state index in [1.807, 2.05) is 30.3 Å². The van der Waals surface area contributed by atoms with E-state index in [9.17, 15) is 23.4 Å². The molecular formula is C36H37N3O8S. The second-order valence-corrected chi connectivity index (χ2v) is 13.7. The number of alkyl carbamates (subject to hydrolysis) is 1. The fourth-order valence-electron chi connectivity index (χ4n) is 5.23. The van der Waals surface area contributed by atoms with Crippen molar-refractivity contribution in [3.05, 3.63) is 119 Å². The standard InChI is InChI=1S/C36H37N3O8S/c1-36(2,3)47-35(43)38-28(25-13-9-6-10-14-25)31(40)37-29-32(41)39-30(34(42)46-21-24-11-7-5-8-12-24)26(22-48(44)33(29)39)18-15-23-16-19-27(45-4)20-17-23/h5-20,28-29,33H,21-22H2,1-4H3,(H,37,40)(H,38,43)/t28-,29?,33-,48?/m1/s1. The van der Waals surface area contributed by atoms with Crippen LogP contribution in [0.4, 0.5) is 4.79 Å². The number of esters is 1. The van der Waals surface area contributed by atoms with E-state index in [4.69, 9.17) is 14.2 Å². The fraction of sp³-hybridized carbons (Fsp3) is 0.278. The molecule has 4 atom stereocenters. The van der Waals surface area contributed by atoms with Crippen molar-refractivity contribution in [2.75, 3.05) is 12.9 Å². The van der Waals surface area contributed by atoms with Gasteiger partial charge < -0.3 is 24.8 Å². The van der Waals surface area contributed by atoms with Gasteiger partial charge in [-0.15, -0.1) is 0 Å². The maximum atomic E-state index is 13.7. The van der Waals surface area contributed by atoms with Crippen LogP contribution in [0.1, 0.15) is 43.5 Å². The van der Waals surface area contributed by atoms with E-state index in [0.29, 0.717) is 16.9 Å². The van der Waals surface area contributed by atoms with Gasteiger partial charge in [0.2, 0.25) is 5.91 Å². The third-order valence-electron chi connectivity index (χ3n) is 7.51. The molecule has 12 heteroatoms. The van der Waals surface area contributed by atoms with E-state index < -0.39 is 57.7 Å². The summed E-state index contributed by atoms with van der Waals surface area (Å²) in [4.78, 5) is 54.8. The molecule has 2 N–H and O–H groups in total. The van der Waals surface area contributed by atoms with Crippen molar-refractivity contribution in [2.45, 2.75) is 50.4 Å². The van der Waals surface area contributed by atoms with Gasteiger partial charge in [0.05, 0.1) is 23.7 Å². The smallest absolute Gasteiger partial charge is 0.408 e. The Kier molecular flexibility index (Phi) is 10.4. The molecule has 0 radical (unpaired) electrons. The average Bonchev–Trinajstić information content (AvgIpc) is 3.07. The molecule has 0 spiro atoms. The molecular weight excluding hydrogens is 634 g/mol. The van der Waals surface area contributed by atoms with Gasteiger partial charge in [-0.2, -0.15) is 0 Å². The van der Waals surface area contributed by atoms with Crippen LogP contribution < -0.4 is 15.4 Å². The summed E-state index contributed by atoms with van der Waals surface area (Å²) in [6, 6.07) is 22.3. The molecule has 2 aliphatic rings. The van der Waals surface area contributed by atoms with Crippen LogP contribution in [-0.2, 0) is 41.3 Å². The molecule has 1 saturated heterocycles. The highest BCUT2D eigenvalue weighted by atomic mass is 32.2. The summed E-state index contributed by atoms with van der Waals surface area (Å²) in [7, 11) is -0.141. The topological polar surface area (TPSA) is 140 Å². The number of rotatable bonds is 10. The molecule has 0 aliphatic carbocycles. The number of amides is 3. The number of allylic oxidation sites excluding steroid dienone is 1. The van der Waals surface area contributed by atoms with E-state index in [2.05, 4.69) is 10.6 Å². The lowest BCUT2D eigenvalue weighted by Gasteiger charge is -2.49. The van der Waals surface area contributed by atoms with Crippen LogP contribution in [0.15, 0.2) is 102 Å². The number of carbonyl (C=O) groups excluding carboxylic acids is 4. The first-order valence-corrected chi connectivity index (χ1v) is 16.6. The maximum absolute atomic E-state index is 13.7. The third kappa shape index (κ3) is 8.00. The molecule has 0 saturated carbocycles. The first-order chi connectivity index (χ1) is 22.9. The van der Waals surface area contributed by atoms with Crippen LogP contribution in [-0.4, -0.2) is 62.9 Å². The molecule has 0 bridgehead atoms. The Balaban J connectivity index is 1.41. The van der Waals surface area contributed by atoms with Gasteiger partial charge in [-0.3, -0.25) is 18.7 Å². The third-order valence-corrected chi connectivity index (χ3v) is 9.13. The zero-order valence-corrected chi connectivity index (χ0v) is 27.8. The van der Waals surface area contributed by atoms with E-state index in [1.165, 1.54) is 0 Å². The largest absolute Gasteiger partial charge is 0.497 e. The van der Waals surface area contributed by atoms with Crippen molar-refractivity contribution in [1.29, 1.82) is 0 Å². The number of nitrogens with zero attached hydrogens (tertiary/aromatic N) is 1. The minimum absolute atomic E-state index is 0.0380. The second kappa shape index (κ2) is 14.7. The zero-order valence-electron chi connectivity index (χ0n) is 27.0. The number of fused-ring (bicyclic) bond motifs is 1. The van der Waals surface area contributed by atoms with Crippen LogP contribution in [0, 0.1) is 0 Å². The number of carbonyl (C=O) groups is 4. The highest BCUT2D eigenvalue weighted by Crippen LogP contribution is 2.36. The molecule has 48 heavy (non-hydrogen) atoms. The summed E-state index contributed by atoms with van der Waals surface area (Å²) in [5, 5.41) is 4.21. The van der Waals surface area contributed by atoms with Crippen molar-refractivity contribution in [1.82, 2.24) is 15.5 Å². The summed E-state index contributed by atoms with van der Waals surface area (Å²) in [6.07, 6.45) is 2.56. The van der Waals surface area contributed by atoms with Gasteiger partial charge in [0.15, 0.2) is 0 Å².